The summed E-state index contributed by atoms with van der Waals surface area (Å²) in [6.45, 7) is 3.80. The molecule has 0 aliphatic carbocycles. The van der Waals surface area contributed by atoms with Gasteiger partial charge >= 0.3 is 5.97 Å². The number of carboxylic acid groups (broad SMARTS) is 1. The van der Waals surface area contributed by atoms with Crippen LogP contribution in [0.3, 0.4) is 0 Å². The minimum absolute atomic E-state index is 0.0237. The number of para-hydroxylation sites is 1. The van der Waals surface area contributed by atoms with Gasteiger partial charge in [-0.25, -0.2) is 4.79 Å². The summed E-state index contributed by atoms with van der Waals surface area (Å²) >= 11 is 0. The van der Waals surface area contributed by atoms with Crippen LogP contribution in [-0.4, -0.2) is 55.0 Å². The first-order valence-corrected chi connectivity index (χ1v) is 9.29. The molecule has 1 saturated heterocycles. The van der Waals surface area contributed by atoms with Gasteiger partial charge in [-0.3, -0.25) is 4.79 Å². The minimum Gasteiger partial charge on any atom is -0.478 e. The largest absolute Gasteiger partial charge is 0.478 e. The van der Waals surface area contributed by atoms with E-state index in [1.807, 2.05) is 48.5 Å². The fourth-order valence-electron chi connectivity index (χ4n) is 3.15. The number of benzene rings is 2. The van der Waals surface area contributed by atoms with Crippen LogP contribution in [0.15, 0.2) is 60.7 Å². The molecule has 2 aromatic carbocycles. The quantitative estimate of drug-likeness (QED) is 0.618. The minimum atomic E-state index is -0.978. The van der Waals surface area contributed by atoms with Gasteiger partial charge in [0.1, 0.15) is 0 Å². The summed E-state index contributed by atoms with van der Waals surface area (Å²) in [4.78, 5) is 27.9. The molecule has 2 aromatic rings. The first-order valence-electron chi connectivity index (χ1n) is 9.29. The van der Waals surface area contributed by atoms with E-state index in [1.54, 1.807) is 12.2 Å². The molecular formula is C23H24N2O3. The molecule has 5 nitrogen and oxygen atoms in total. The third kappa shape index (κ3) is 5.18. The molecule has 28 heavy (non-hydrogen) atoms. The number of hydrogen-bond acceptors (Lipinski definition) is 4. The number of piperazine rings is 1. The fraction of sp³-hybridized carbons (Fsp3) is 0.217. The van der Waals surface area contributed by atoms with Gasteiger partial charge < -0.3 is 14.9 Å². The van der Waals surface area contributed by atoms with Crippen LogP contribution in [0.5, 0.6) is 0 Å². The SMILES string of the molecule is CN1CCN(c2ccccc2C(=O)C=Cc2ccc(C=CC(=O)O)cc2)CC1. The van der Waals surface area contributed by atoms with Gasteiger partial charge in [0.2, 0.25) is 0 Å². The summed E-state index contributed by atoms with van der Waals surface area (Å²) in [5.74, 6) is -1.00. The molecule has 1 N–H and O–H groups in total. The van der Waals surface area contributed by atoms with E-state index in [1.165, 1.54) is 6.08 Å². The number of carbonyl (C=O) groups is 2. The van der Waals surface area contributed by atoms with Crippen LogP contribution in [-0.2, 0) is 4.79 Å². The highest BCUT2D eigenvalue weighted by molar-refractivity contribution is 6.10. The Balaban J connectivity index is 1.72. The van der Waals surface area contributed by atoms with Crippen molar-refractivity contribution in [2.75, 3.05) is 38.1 Å². The summed E-state index contributed by atoms with van der Waals surface area (Å²) in [6.07, 6.45) is 6.02. The third-order valence-corrected chi connectivity index (χ3v) is 4.80. The highest BCUT2D eigenvalue weighted by atomic mass is 16.4. The van der Waals surface area contributed by atoms with Crippen molar-refractivity contribution in [3.63, 3.8) is 0 Å². The Morgan fingerprint density at radius 2 is 1.43 bits per heavy atom. The van der Waals surface area contributed by atoms with E-state index < -0.39 is 5.97 Å². The average Bonchev–Trinajstić information content (AvgIpc) is 2.72. The van der Waals surface area contributed by atoms with E-state index in [4.69, 9.17) is 5.11 Å². The lowest BCUT2D eigenvalue weighted by Crippen LogP contribution is -2.44. The molecule has 0 amide bonds. The van der Waals surface area contributed by atoms with E-state index in [0.717, 1.165) is 49.1 Å². The van der Waals surface area contributed by atoms with Crippen molar-refractivity contribution >= 4 is 29.6 Å². The molecular weight excluding hydrogens is 352 g/mol. The first kappa shape index (κ1) is 19.6. The Bertz CT molecular complexity index is 892. The zero-order chi connectivity index (χ0) is 19.9. The number of carbonyl (C=O) groups excluding carboxylic acids is 1. The van der Waals surface area contributed by atoms with Gasteiger partial charge in [-0.05, 0) is 42.5 Å². The van der Waals surface area contributed by atoms with Crippen molar-refractivity contribution in [2.24, 2.45) is 0 Å². The van der Waals surface area contributed by atoms with Crippen molar-refractivity contribution < 1.29 is 14.7 Å². The number of likely N-dealkylation sites (N-methyl/N-ethyl adjacent to an activating group) is 1. The van der Waals surface area contributed by atoms with Crippen molar-refractivity contribution in [2.45, 2.75) is 0 Å². The zero-order valence-corrected chi connectivity index (χ0v) is 15.9. The molecule has 0 atom stereocenters. The second-order valence-electron chi connectivity index (χ2n) is 6.84. The molecule has 3 rings (SSSR count). The van der Waals surface area contributed by atoms with Crippen LogP contribution in [0.4, 0.5) is 5.69 Å². The molecule has 1 heterocycles. The van der Waals surface area contributed by atoms with E-state index in [9.17, 15) is 9.59 Å². The van der Waals surface area contributed by atoms with Gasteiger partial charge in [0.25, 0.3) is 0 Å². The van der Waals surface area contributed by atoms with Crippen LogP contribution in [0.2, 0.25) is 0 Å². The maximum atomic E-state index is 12.8. The summed E-state index contributed by atoms with van der Waals surface area (Å²) < 4.78 is 0. The molecule has 0 radical (unpaired) electrons. The molecule has 0 unspecified atom stereocenters. The molecule has 0 saturated carbocycles. The maximum absolute atomic E-state index is 12.8. The van der Waals surface area contributed by atoms with Crippen molar-refractivity contribution in [3.05, 3.63) is 77.4 Å². The van der Waals surface area contributed by atoms with Crippen molar-refractivity contribution in [1.29, 1.82) is 0 Å². The van der Waals surface area contributed by atoms with Crippen molar-refractivity contribution in [1.82, 2.24) is 4.90 Å². The molecule has 0 aromatic heterocycles. The highest BCUT2D eigenvalue weighted by Crippen LogP contribution is 2.23. The standard InChI is InChI=1S/C23H24N2O3/c1-24-14-16-25(17-15-24)21-5-3-2-4-20(21)22(26)12-10-18-6-8-19(9-7-18)11-13-23(27)28/h2-13H,14-17H2,1H3,(H,27,28). The summed E-state index contributed by atoms with van der Waals surface area (Å²) in [7, 11) is 2.11. The van der Waals surface area contributed by atoms with Crippen LogP contribution < -0.4 is 4.90 Å². The predicted molar refractivity (Wildman–Crippen MR) is 113 cm³/mol. The van der Waals surface area contributed by atoms with Gasteiger partial charge in [-0.15, -0.1) is 0 Å². The van der Waals surface area contributed by atoms with E-state index >= 15 is 0 Å². The normalized spacial score (nSPS) is 15.4. The second-order valence-corrected chi connectivity index (χ2v) is 6.84. The van der Waals surface area contributed by atoms with Crippen LogP contribution >= 0.6 is 0 Å². The van der Waals surface area contributed by atoms with Gasteiger partial charge in [-0.2, -0.15) is 0 Å². The van der Waals surface area contributed by atoms with E-state index in [0.29, 0.717) is 5.56 Å². The highest BCUT2D eigenvalue weighted by Gasteiger charge is 2.18. The number of aliphatic carboxylic acids is 1. The summed E-state index contributed by atoms with van der Waals surface area (Å²) in [5.41, 5.74) is 3.38. The van der Waals surface area contributed by atoms with E-state index in [2.05, 4.69) is 16.8 Å². The molecule has 1 aliphatic heterocycles. The lowest BCUT2D eigenvalue weighted by Gasteiger charge is -2.34. The number of nitrogens with zero attached hydrogens (tertiary/aromatic N) is 2. The Morgan fingerprint density at radius 3 is 2.04 bits per heavy atom. The monoisotopic (exact) mass is 376 g/mol. The second kappa shape index (κ2) is 9.15. The number of hydrogen-bond donors (Lipinski definition) is 1. The maximum Gasteiger partial charge on any atom is 0.328 e. The zero-order valence-electron chi connectivity index (χ0n) is 15.9. The number of carboxylic acids is 1. The predicted octanol–water partition coefficient (Wildman–Crippen LogP) is 3.43. The van der Waals surface area contributed by atoms with Gasteiger partial charge in [0.05, 0.1) is 0 Å². The number of rotatable bonds is 6. The Kier molecular flexibility index (Phi) is 6.40. The Morgan fingerprint density at radius 1 is 0.857 bits per heavy atom. The molecule has 144 valence electrons. The van der Waals surface area contributed by atoms with Crippen LogP contribution in [0, 0.1) is 0 Å². The van der Waals surface area contributed by atoms with E-state index in [-0.39, 0.29) is 5.78 Å². The smallest absolute Gasteiger partial charge is 0.328 e. The Hall–Kier alpha value is -3.18. The Labute approximate surface area is 165 Å². The first-order chi connectivity index (χ1) is 13.5. The lowest BCUT2D eigenvalue weighted by molar-refractivity contribution is -0.131. The number of anilines is 1. The van der Waals surface area contributed by atoms with Crippen LogP contribution in [0.1, 0.15) is 21.5 Å². The average molecular weight is 376 g/mol. The van der Waals surface area contributed by atoms with Gasteiger partial charge in [0.15, 0.2) is 5.78 Å². The van der Waals surface area contributed by atoms with Crippen LogP contribution in [0.25, 0.3) is 12.2 Å². The molecule has 1 aliphatic rings. The third-order valence-electron chi connectivity index (χ3n) is 4.80. The van der Waals surface area contributed by atoms with Crippen molar-refractivity contribution in [3.8, 4) is 0 Å². The molecule has 0 bridgehead atoms. The molecule has 0 spiro atoms. The topological polar surface area (TPSA) is 60.9 Å². The molecule has 1 fully saturated rings. The van der Waals surface area contributed by atoms with Gasteiger partial charge in [-0.1, -0.05) is 42.5 Å². The summed E-state index contributed by atoms with van der Waals surface area (Å²) in [5, 5.41) is 8.67. The number of allylic oxidation sites excluding steroid dienone is 1. The number of ketones is 1. The fourth-order valence-corrected chi connectivity index (χ4v) is 3.15. The summed E-state index contributed by atoms with van der Waals surface area (Å²) in [6, 6.07) is 15.1. The lowest BCUT2D eigenvalue weighted by atomic mass is 10.0. The molecule has 5 heteroatoms. The van der Waals surface area contributed by atoms with Gasteiger partial charge in [0, 0.05) is 43.5 Å².